The third-order valence-electron chi connectivity index (χ3n) is 6.37. The van der Waals surface area contributed by atoms with Crippen LogP contribution in [0.15, 0.2) is 66.7 Å². The number of carbonyl (C=O) groups excluding carboxylic acids is 3. The number of nitrogens with one attached hydrogen (secondary N) is 1. The SMILES string of the molecule is CNc1c#cc(N(CCC=O)c2c#cc(N(CCC=O)c3c#cc(N(CCC=O)c4ccccc4)cc3)cc2)cc1. The molecule has 1 N–H and O–H groups in total. The molecule has 0 unspecified atom stereocenters. The van der Waals surface area contributed by atoms with E-state index in [1.54, 1.807) is 0 Å². The predicted octanol–water partition coefficient (Wildman–Crippen LogP) is 5.71. The average molecular weight is 543 g/mol. The number of hydrogen-bond donors (Lipinski definition) is 1. The van der Waals surface area contributed by atoms with Crippen LogP contribution in [0.3, 0.4) is 0 Å². The van der Waals surface area contributed by atoms with Crippen LogP contribution in [0.2, 0.25) is 0 Å². The van der Waals surface area contributed by atoms with Crippen LogP contribution >= 0.6 is 0 Å². The van der Waals surface area contributed by atoms with Gasteiger partial charge < -0.3 is 34.4 Å². The van der Waals surface area contributed by atoms with Crippen molar-refractivity contribution in [2.75, 3.05) is 46.7 Å². The van der Waals surface area contributed by atoms with Gasteiger partial charge in [-0.15, -0.1) is 0 Å². The molecule has 4 rings (SSSR count). The minimum Gasteiger partial charge on any atom is -0.381 e. The lowest BCUT2D eigenvalue weighted by Crippen LogP contribution is -2.20. The summed E-state index contributed by atoms with van der Waals surface area (Å²) in [6, 6.07) is 40.4. The van der Waals surface area contributed by atoms with E-state index in [9.17, 15) is 14.4 Å². The van der Waals surface area contributed by atoms with Crippen LogP contribution in [0.25, 0.3) is 0 Å². The maximum absolute atomic E-state index is 11.3. The first-order valence-electron chi connectivity index (χ1n) is 13.4. The van der Waals surface area contributed by atoms with Crippen LogP contribution in [0.5, 0.6) is 0 Å². The van der Waals surface area contributed by atoms with Gasteiger partial charge in [-0.2, -0.15) is 0 Å². The van der Waals surface area contributed by atoms with Gasteiger partial charge in [0.05, 0.1) is 34.1 Å². The molecule has 0 fully saturated rings. The largest absolute Gasteiger partial charge is 0.381 e. The molecule has 4 aromatic carbocycles. The molecule has 0 aromatic heterocycles. The Morgan fingerprint density at radius 1 is 0.537 bits per heavy atom. The van der Waals surface area contributed by atoms with Gasteiger partial charge in [0.25, 0.3) is 0 Å². The number of benzene rings is 1. The Labute approximate surface area is 242 Å². The predicted molar refractivity (Wildman–Crippen MR) is 161 cm³/mol. The Morgan fingerprint density at radius 2 is 0.927 bits per heavy atom. The van der Waals surface area contributed by atoms with Crippen molar-refractivity contribution < 1.29 is 14.4 Å². The van der Waals surface area contributed by atoms with E-state index in [1.807, 2.05) is 88.5 Å². The summed E-state index contributed by atoms with van der Waals surface area (Å²) in [7, 11) is 1.82. The van der Waals surface area contributed by atoms with E-state index in [2.05, 4.69) is 41.7 Å². The van der Waals surface area contributed by atoms with Gasteiger partial charge in [-0.25, -0.2) is 0 Å². The zero-order chi connectivity index (χ0) is 28.9. The number of para-hydroxylation sites is 1. The standard InChI is InChI=1S/C34H30N4O3/c1-35-28-10-12-30(13-11-28)37(23-6-26-40)32-18-20-34(21-19-32)38(24-7-27-41)33-16-14-31(15-17-33)36(22-5-25-39)29-8-3-2-4-9-29/h2-4,8-10,12,14,16,18,20,25-27,35H,5-7,22-24H2,1H3. The van der Waals surface area contributed by atoms with Gasteiger partial charge in [0.2, 0.25) is 0 Å². The lowest BCUT2D eigenvalue weighted by Gasteiger charge is -2.25. The molecule has 0 atom stereocenters. The first-order valence-corrected chi connectivity index (χ1v) is 13.4. The molecule has 0 saturated heterocycles. The Bertz CT molecular complexity index is 1370. The van der Waals surface area contributed by atoms with Crippen LogP contribution in [0.4, 0.5) is 39.8 Å². The summed E-state index contributed by atoms with van der Waals surface area (Å²) >= 11 is 0. The minimum atomic E-state index is 0.314. The quantitative estimate of drug-likeness (QED) is 0.182. The third-order valence-corrected chi connectivity index (χ3v) is 6.37. The number of hydrogen-bond acceptors (Lipinski definition) is 7. The van der Waals surface area contributed by atoms with Crippen LogP contribution < -0.4 is 20.0 Å². The highest BCUT2D eigenvalue weighted by Crippen LogP contribution is 2.29. The van der Waals surface area contributed by atoms with Crippen LogP contribution in [0, 0.1) is 36.4 Å². The van der Waals surface area contributed by atoms with Gasteiger partial charge in [0.15, 0.2) is 0 Å². The van der Waals surface area contributed by atoms with E-state index in [0.717, 1.165) is 53.0 Å². The number of nitrogens with zero attached hydrogens (tertiary/aromatic N) is 3. The summed E-state index contributed by atoms with van der Waals surface area (Å²) in [5.41, 5.74) is 5.48. The Kier molecular flexibility index (Phi) is 10.2. The highest BCUT2D eigenvalue weighted by atomic mass is 16.1. The van der Waals surface area contributed by atoms with Gasteiger partial charge in [0.1, 0.15) is 18.9 Å². The maximum Gasteiger partial charge on any atom is 0.121 e. The summed E-state index contributed by atoms with van der Waals surface area (Å²) < 4.78 is 0. The fourth-order valence-corrected chi connectivity index (χ4v) is 4.33. The van der Waals surface area contributed by atoms with Gasteiger partial charge in [-0.1, -0.05) is 18.2 Å². The third kappa shape index (κ3) is 7.35. The van der Waals surface area contributed by atoms with E-state index in [4.69, 9.17) is 0 Å². The lowest BCUT2D eigenvalue weighted by atomic mass is 10.2. The van der Waals surface area contributed by atoms with Gasteiger partial charge in [-0.3, -0.25) is 0 Å². The monoisotopic (exact) mass is 542 g/mol. The zero-order valence-electron chi connectivity index (χ0n) is 22.9. The molecule has 0 aliphatic carbocycles. The number of carbonyl (C=O) groups is 3. The Morgan fingerprint density at radius 3 is 1.29 bits per heavy atom. The molecule has 7 heteroatoms. The van der Waals surface area contributed by atoms with Crippen LogP contribution in [-0.4, -0.2) is 45.5 Å². The molecule has 0 spiro atoms. The Hall–Kier alpha value is -5.45. The smallest absolute Gasteiger partial charge is 0.121 e. The van der Waals surface area contributed by atoms with Crippen molar-refractivity contribution >= 4 is 58.7 Å². The topological polar surface area (TPSA) is 73.0 Å². The van der Waals surface area contributed by atoms with Crippen molar-refractivity contribution in [2.45, 2.75) is 19.3 Å². The molecule has 204 valence electrons. The molecule has 0 saturated carbocycles. The van der Waals surface area contributed by atoms with E-state index in [0.29, 0.717) is 44.6 Å². The molecule has 0 aliphatic rings. The van der Waals surface area contributed by atoms with Gasteiger partial charge in [0, 0.05) is 51.6 Å². The second kappa shape index (κ2) is 14.6. The first-order chi connectivity index (χ1) is 20.2. The summed E-state index contributed by atoms with van der Waals surface area (Å²) in [4.78, 5) is 39.4. The highest BCUT2D eigenvalue weighted by molar-refractivity contribution is 5.70. The number of rotatable bonds is 16. The van der Waals surface area contributed by atoms with Crippen molar-refractivity contribution in [1.29, 1.82) is 0 Å². The molecule has 0 aliphatic heterocycles. The van der Waals surface area contributed by atoms with E-state index in [1.165, 1.54) is 0 Å². The van der Waals surface area contributed by atoms with Crippen LogP contribution in [0.1, 0.15) is 19.3 Å². The maximum atomic E-state index is 11.3. The van der Waals surface area contributed by atoms with Crippen LogP contribution in [-0.2, 0) is 14.4 Å². The fourth-order valence-electron chi connectivity index (χ4n) is 4.33. The molecule has 4 aromatic rings. The first kappa shape index (κ1) is 28.6. The molecule has 0 bridgehead atoms. The van der Waals surface area contributed by atoms with Crippen molar-refractivity contribution in [2.24, 2.45) is 0 Å². The summed E-state index contributed by atoms with van der Waals surface area (Å²) in [6.45, 7) is 1.40. The second-order valence-electron chi connectivity index (χ2n) is 9.00. The molecule has 0 amide bonds. The zero-order valence-corrected chi connectivity index (χ0v) is 22.9. The lowest BCUT2D eigenvalue weighted by molar-refractivity contribution is -0.108. The molecule has 0 radical (unpaired) electrons. The number of anilines is 7. The molecular weight excluding hydrogens is 512 g/mol. The number of aldehydes is 3. The summed E-state index contributed by atoms with van der Waals surface area (Å²) in [6.07, 6.45) is 3.70. The molecule has 0 heterocycles. The average Bonchev–Trinajstić information content (AvgIpc) is 3.03. The minimum absolute atomic E-state index is 0.314. The van der Waals surface area contributed by atoms with Crippen molar-refractivity contribution in [3.8, 4) is 0 Å². The Balaban J connectivity index is 1.60. The van der Waals surface area contributed by atoms with Crippen molar-refractivity contribution in [1.82, 2.24) is 0 Å². The normalized spacial score (nSPS) is 9.88. The van der Waals surface area contributed by atoms with E-state index in [-0.39, 0.29) is 0 Å². The van der Waals surface area contributed by atoms with E-state index < -0.39 is 0 Å². The summed E-state index contributed by atoms with van der Waals surface area (Å²) in [5.74, 6) is 0. The van der Waals surface area contributed by atoms with E-state index >= 15 is 0 Å². The van der Waals surface area contributed by atoms with Gasteiger partial charge >= 0.3 is 0 Å². The molecule has 7 nitrogen and oxygen atoms in total. The fraction of sp³-hybridized carbons (Fsp3) is 0.206. The second-order valence-corrected chi connectivity index (χ2v) is 9.00. The highest BCUT2D eigenvalue weighted by Gasteiger charge is 2.14. The molecular formula is C34H30N4O3. The van der Waals surface area contributed by atoms with Gasteiger partial charge in [-0.05, 0) is 84.9 Å². The summed E-state index contributed by atoms with van der Waals surface area (Å²) in [5, 5.41) is 3.03. The van der Waals surface area contributed by atoms with Crippen molar-refractivity contribution in [3.05, 3.63) is 103 Å². The molecule has 41 heavy (non-hydrogen) atoms. The van der Waals surface area contributed by atoms with Crippen molar-refractivity contribution in [3.63, 3.8) is 0 Å².